The van der Waals surface area contributed by atoms with Crippen molar-refractivity contribution in [3.8, 4) is 5.75 Å². The fourth-order valence-corrected chi connectivity index (χ4v) is 5.02. The maximum absolute atomic E-state index is 13.1. The molecule has 1 aliphatic heterocycles. The van der Waals surface area contributed by atoms with Crippen LogP contribution in [0.25, 0.3) is 11.0 Å². The second kappa shape index (κ2) is 13.7. The van der Waals surface area contributed by atoms with E-state index in [9.17, 15) is 22.8 Å². The molecule has 0 aliphatic carbocycles. The molecule has 3 amide bonds. The van der Waals surface area contributed by atoms with Crippen molar-refractivity contribution < 1.29 is 32.2 Å². The molecule has 2 atom stereocenters. The monoisotopic (exact) mass is 576 g/mol. The second-order valence-corrected chi connectivity index (χ2v) is 9.98. The molecule has 2 aromatic carbocycles. The molecule has 222 valence electrons. The van der Waals surface area contributed by atoms with Gasteiger partial charge in [0.15, 0.2) is 5.75 Å². The molecule has 0 unspecified atom stereocenters. The third-order valence-corrected chi connectivity index (χ3v) is 6.88. The van der Waals surface area contributed by atoms with Gasteiger partial charge in [0.05, 0.1) is 16.7 Å². The van der Waals surface area contributed by atoms with Crippen molar-refractivity contribution in [1.82, 2.24) is 19.8 Å². The van der Waals surface area contributed by atoms with Gasteiger partial charge in [-0.2, -0.15) is 0 Å². The summed E-state index contributed by atoms with van der Waals surface area (Å²) in [5.74, 6) is 0.357. The maximum atomic E-state index is 13.1. The van der Waals surface area contributed by atoms with Crippen LogP contribution in [0, 0.1) is 0 Å². The lowest BCUT2D eigenvalue weighted by atomic mass is 9.96. The Balaban J connectivity index is 1.31. The van der Waals surface area contributed by atoms with Gasteiger partial charge in [0.1, 0.15) is 5.82 Å². The van der Waals surface area contributed by atoms with Crippen LogP contribution < -0.4 is 21.1 Å². The molecule has 13 heteroatoms. The Morgan fingerprint density at radius 2 is 1.93 bits per heavy atom. The van der Waals surface area contributed by atoms with Gasteiger partial charge in [0.25, 0.3) is 0 Å². The number of anilines is 1. The number of nitrogens with zero attached hydrogens (tertiary/aromatic N) is 3. The number of carbonyl (C=O) groups is 2. The number of hydrogen-bond acceptors (Lipinski definition) is 6. The molecular weight excluding hydrogens is 541 g/mol. The first-order valence-electron chi connectivity index (χ1n) is 13.5. The third-order valence-electron chi connectivity index (χ3n) is 6.88. The fraction of sp³-hybridized carbons (Fsp3) is 0.464. The van der Waals surface area contributed by atoms with Crippen LogP contribution >= 0.6 is 0 Å². The topological polar surface area (TPSA) is 124 Å². The minimum absolute atomic E-state index is 0.00499. The summed E-state index contributed by atoms with van der Waals surface area (Å²) in [7, 11) is 1.68. The zero-order valence-corrected chi connectivity index (χ0v) is 22.8. The number of para-hydroxylation sites is 4. The Labute approximate surface area is 236 Å². The van der Waals surface area contributed by atoms with Crippen LogP contribution in [0.15, 0.2) is 48.5 Å². The van der Waals surface area contributed by atoms with Crippen molar-refractivity contribution in [1.29, 1.82) is 0 Å². The highest BCUT2D eigenvalue weighted by Crippen LogP contribution is 2.31. The summed E-state index contributed by atoms with van der Waals surface area (Å²) < 4.78 is 49.3. The van der Waals surface area contributed by atoms with Gasteiger partial charge in [0, 0.05) is 58.3 Å². The summed E-state index contributed by atoms with van der Waals surface area (Å²) in [5, 5.41) is 4.82. The smallest absolute Gasteiger partial charge is 0.404 e. The molecule has 1 aliphatic rings. The van der Waals surface area contributed by atoms with Gasteiger partial charge in [-0.3, -0.25) is 4.79 Å². The summed E-state index contributed by atoms with van der Waals surface area (Å²) in [6, 6.07) is 11.7. The van der Waals surface area contributed by atoms with E-state index in [4.69, 9.17) is 15.5 Å². The molecule has 0 radical (unpaired) electrons. The van der Waals surface area contributed by atoms with Crippen molar-refractivity contribution in [3.05, 3.63) is 54.4 Å². The number of likely N-dealkylation sites (tertiary alicyclic amines) is 1. The number of hydrogen-bond donors (Lipinski definition) is 3. The summed E-state index contributed by atoms with van der Waals surface area (Å²) in [4.78, 5) is 32.1. The highest BCUT2D eigenvalue weighted by molar-refractivity contribution is 5.91. The van der Waals surface area contributed by atoms with Crippen LogP contribution in [0.1, 0.15) is 37.4 Å². The van der Waals surface area contributed by atoms with E-state index in [-0.39, 0.29) is 30.5 Å². The van der Waals surface area contributed by atoms with Crippen LogP contribution in [0.5, 0.6) is 5.75 Å². The highest BCUT2D eigenvalue weighted by atomic mass is 19.4. The number of nitrogens with two attached hydrogens (primary N) is 1. The predicted molar refractivity (Wildman–Crippen MR) is 148 cm³/mol. The number of benzene rings is 2. The number of piperidine rings is 1. The largest absolute Gasteiger partial charge is 0.573 e. The third kappa shape index (κ3) is 8.33. The standard InChI is InChI=1S/C28H35F3N6O4/c1-40-15-7-14-37-23-11-4-2-9-21(23)34-26(37)19-8-6-13-36(18-19)25(38)16-20(32)17-33-27(39)35-22-10-3-5-12-24(22)41-28(29,30)31/h2-5,9-12,19-20H,6-8,13-18,32H2,1H3,(H2,33,35,39)/t19-,20-/m1/s1. The number of alkyl halides is 3. The van der Waals surface area contributed by atoms with Crippen molar-refractivity contribution in [2.75, 3.05) is 38.7 Å². The van der Waals surface area contributed by atoms with Gasteiger partial charge >= 0.3 is 12.4 Å². The van der Waals surface area contributed by atoms with E-state index in [2.05, 4.69) is 26.0 Å². The van der Waals surface area contributed by atoms with Gasteiger partial charge < -0.3 is 35.3 Å². The molecule has 0 saturated carbocycles. The van der Waals surface area contributed by atoms with Gasteiger partial charge in [-0.25, -0.2) is 9.78 Å². The number of rotatable bonds is 11. The molecule has 1 fully saturated rings. The number of nitrogens with one attached hydrogen (secondary N) is 2. The Hall–Kier alpha value is -3.84. The summed E-state index contributed by atoms with van der Waals surface area (Å²) in [5.41, 5.74) is 7.96. The minimum Gasteiger partial charge on any atom is -0.404 e. The Bertz CT molecular complexity index is 1330. The van der Waals surface area contributed by atoms with Gasteiger partial charge in [0.2, 0.25) is 5.91 Å². The van der Waals surface area contributed by atoms with Gasteiger partial charge in [-0.15, -0.1) is 13.2 Å². The number of ether oxygens (including phenoxy) is 2. The van der Waals surface area contributed by atoms with E-state index in [1.165, 1.54) is 18.2 Å². The quantitative estimate of drug-likeness (QED) is 0.294. The van der Waals surface area contributed by atoms with E-state index in [1.54, 1.807) is 12.0 Å². The van der Waals surface area contributed by atoms with E-state index >= 15 is 0 Å². The molecule has 0 spiro atoms. The van der Waals surface area contributed by atoms with Crippen molar-refractivity contribution in [3.63, 3.8) is 0 Å². The molecule has 1 saturated heterocycles. The lowest BCUT2D eigenvalue weighted by Gasteiger charge is -2.33. The number of urea groups is 1. The van der Waals surface area contributed by atoms with Crippen molar-refractivity contribution in [2.45, 2.75) is 50.6 Å². The summed E-state index contributed by atoms with van der Waals surface area (Å²) >= 11 is 0. The number of carbonyl (C=O) groups excluding carboxylic acids is 2. The van der Waals surface area contributed by atoms with Crippen LogP contribution in [-0.2, 0) is 16.1 Å². The zero-order valence-electron chi connectivity index (χ0n) is 22.8. The average Bonchev–Trinajstić information content (AvgIpc) is 3.31. The van der Waals surface area contributed by atoms with Crippen molar-refractivity contribution in [2.24, 2.45) is 5.73 Å². The van der Waals surface area contributed by atoms with Gasteiger partial charge in [-0.1, -0.05) is 24.3 Å². The lowest BCUT2D eigenvalue weighted by molar-refractivity contribution is -0.274. The molecule has 10 nitrogen and oxygen atoms in total. The second-order valence-electron chi connectivity index (χ2n) is 9.98. The van der Waals surface area contributed by atoms with E-state index in [0.717, 1.165) is 48.7 Å². The van der Waals surface area contributed by atoms with Crippen molar-refractivity contribution >= 4 is 28.7 Å². The number of halogens is 3. The summed E-state index contributed by atoms with van der Waals surface area (Å²) in [6.45, 7) is 2.48. The van der Waals surface area contributed by atoms with Crippen LogP contribution in [0.2, 0.25) is 0 Å². The molecule has 41 heavy (non-hydrogen) atoms. The maximum Gasteiger partial charge on any atom is 0.573 e. The fourth-order valence-electron chi connectivity index (χ4n) is 5.02. The molecule has 3 aromatic rings. The normalized spacial score (nSPS) is 16.4. The Morgan fingerprint density at radius 3 is 2.71 bits per heavy atom. The van der Waals surface area contributed by atoms with Gasteiger partial charge in [-0.05, 0) is 43.5 Å². The molecule has 4 rings (SSSR count). The predicted octanol–water partition coefficient (Wildman–Crippen LogP) is 4.22. The minimum atomic E-state index is -4.90. The molecule has 2 heterocycles. The van der Waals surface area contributed by atoms with E-state index < -0.39 is 24.2 Å². The SMILES string of the molecule is COCCCn1c([C@@H]2CCCN(C(=O)C[C@@H](N)CNC(=O)Nc3ccccc3OC(F)(F)F)C2)nc2ccccc21. The molecular formula is C28H35F3N6O4. The Kier molecular flexibility index (Phi) is 10.1. The summed E-state index contributed by atoms with van der Waals surface area (Å²) in [6.07, 6.45) is -2.32. The van der Waals surface area contributed by atoms with Crippen LogP contribution in [0.4, 0.5) is 23.7 Å². The number of aryl methyl sites for hydroxylation is 1. The Morgan fingerprint density at radius 1 is 1.17 bits per heavy atom. The first kappa shape index (κ1) is 30.1. The molecule has 0 bridgehead atoms. The number of amides is 3. The first-order valence-corrected chi connectivity index (χ1v) is 13.5. The van der Waals surface area contributed by atoms with Crippen LogP contribution in [-0.4, -0.2) is 72.1 Å². The van der Waals surface area contributed by atoms with E-state index in [1.807, 2.05) is 18.2 Å². The zero-order chi connectivity index (χ0) is 29.4. The number of methoxy groups -OCH3 is 1. The molecule has 4 N–H and O–H groups in total. The lowest BCUT2D eigenvalue weighted by Crippen LogP contribution is -2.45. The average molecular weight is 577 g/mol. The highest BCUT2D eigenvalue weighted by Gasteiger charge is 2.32. The number of aromatic nitrogens is 2. The van der Waals surface area contributed by atoms with E-state index in [0.29, 0.717) is 19.7 Å². The first-order chi connectivity index (χ1) is 19.6. The number of fused-ring (bicyclic) bond motifs is 1. The number of imidazole rings is 1. The molecule has 1 aromatic heterocycles. The van der Waals surface area contributed by atoms with Crippen LogP contribution in [0.3, 0.4) is 0 Å².